The molecular formula is C18H24N2O2. The van der Waals surface area contributed by atoms with E-state index in [1.165, 1.54) is 17.5 Å². The number of nitrogens with zero attached hydrogens (tertiary/aromatic N) is 1. The van der Waals surface area contributed by atoms with Gasteiger partial charge in [0.1, 0.15) is 0 Å². The van der Waals surface area contributed by atoms with Crippen LogP contribution in [0.1, 0.15) is 47.2 Å². The van der Waals surface area contributed by atoms with Crippen molar-refractivity contribution in [1.82, 2.24) is 4.90 Å². The van der Waals surface area contributed by atoms with E-state index in [0.29, 0.717) is 25.3 Å². The first-order valence-corrected chi connectivity index (χ1v) is 8.30. The zero-order valence-corrected chi connectivity index (χ0v) is 13.0. The number of fused-ring (bicyclic) bond motifs is 1. The Morgan fingerprint density at radius 1 is 1.18 bits per heavy atom. The number of ketones is 1. The van der Waals surface area contributed by atoms with Crippen molar-refractivity contribution in [3.63, 3.8) is 0 Å². The van der Waals surface area contributed by atoms with Crippen molar-refractivity contribution in [2.24, 2.45) is 11.7 Å². The van der Waals surface area contributed by atoms with Gasteiger partial charge in [-0.25, -0.2) is 0 Å². The quantitative estimate of drug-likeness (QED) is 0.845. The second-order valence-corrected chi connectivity index (χ2v) is 6.49. The van der Waals surface area contributed by atoms with Crippen molar-refractivity contribution >= 4 is 11.7 Å². The number of Topliss-reactive ketones (excluding diaryl/α,β-unsaturated/α-hetero) is 1. The molecule has 1 aromatic rings. The van der Waals surface area contributed by atoms with Crippen LogP contribution in [0.4, 0.5) is 0 Å². The van der Waals surface area contributed by atoms with E-state index in [2.05, 4.69) is 6.07 Å². The molecule has 0 aromatic heterocycles. The predicted octanol–water partition coefficient (Wildman–Crippen LogP) is 1.95. The molecule has 0 saturated carbocycles. The average molecular weight is 300 g/mol. The summed E-state index contributed by atoms with van der Waals surface area (Å²) in [6.07, 6.45) is 4.99. The zero-order chi connectivity index (χ0) is 15.5. The highest BCUT2D eigenvalue weighted by atomic mass is 16.2. The topological polar surface area (TPSA) is 63.4 Å². The Balaban J connectivity index is 1.53. The molecule has 2 N–H and O–H groups in total. The van der Waals surface area contributed by atoms with E-state index >= 15 is 0 Å². The third kappa shape index (κ3) is 3.22. The molecule has 22 heavy (non-hydrogen) atoms. The van der Waals surface area contributed by atoms with Crippen LogP contribution in [0.5, 0.6) is 0 Å². The zero-order valence-electron chi connectivity index (χ0n) is 13.0. The second kappa shape index (κ2) is 6.61. The van der Waals surface area contributed by atoms with Crippen molar-refractivity contribution in [3.8, 4) is 0 Å². The number of carbonyl (C=O) groups excluding carboxylic acids is 2. The molecule has 2 aliphatic rings. The van der Waals surface area contributed by atoms with Gasteiger partial charge < -0.3 is 10.6 Å². The fourth-order valence-electron chi connectivity index (χ4n) is 3.52. The number of carbonyl (C=O) groups is 2. The summed E-state index contributed by atoms with van der Waals surface area (Å²) < 4.78 is 0. The summed E-state index contributed by atoms with van der Waals surface area (Å²) in [5, 5.41) is 0. The molecule has 1 atom stereocenters. The molecular weight excluding hydrogens is 276 g/mol. The molecule has 1 heterocycles. The van der Waals surface area contributed by atoms with Gasteiger partial charge in [0, 0.05) is 31.5 Å². The van der Waals surface area contributed by atoms with Gasteiger partial charge in [-0.3, -0.25) is 9.59 Å². The van der Waals surface area contributed by atoms with Crippen LogP contribution in [0.25, 0.3) is 0 Å². The summed E-state index contributed by atoms with van der Waals surface area (Å²) in [7, 11) is 0. The van der Waals surface area contributed by atoms with Crippen LogP contribution in [-0.2, 0) is 17.6 Å². The minimum atomic E-state index is 0.0811. The lowest BCUT2D eigenvalue weighted by atomic mass is 10.0. The number of hydrogen-bond donors (Lipinski definition) is 1. The molecule has 4 nitrogen and oxygen atoms in total. The van der Waals surface area contributed by atoms with E-state index in [1.807, 2.05) is 17.0 Å². The maximum absolute atomic E-state index is 12.3. The van der Waals surface area contributed by atoms with Crippen LogP contribution in [-0.4, -0.2) is 36.2 Å². The Labute approximate surface area is 131 Å². The lowest BCUT2D eigenvalue weighted by molar-refractivity contribution is -0.130. The number of nitrogens with two attached hydrogens (primary N) is 1. The van der Waals surface area contributed by atoms with Gasteiger partial charge in [-0.2, -0.15) is 0 Å². The summed E-state index contributed by atoms with van der Waals surface area (Å²) >= 11 is 0. The van der Waals surface area contributed by atoms with Crippen LogP contribution in [0.2, 0.25) is 0 Å². The fraction of sp³-hybridized carbons (Fsp3) is 0.556. The number of likely N-dealkylation sites (tertiary alicyclic amines) is 1. The first-order valence-electron chi connectivity index (χ1n) is 8.30. The smallest absolute Gasteiger partial charge is 0.223 e. The van der Waals surface area contributed by atoms with Crippen molar-refractivity contribution in [1.29, 1.82) is 0 Å². The minimum absolute atomic E-state index is 0.0811. The normalized spacial score (nSPS) is 20.2. The monoisotopic (exact) mass is 300 g/mol. The second-order valence-electron chi connectivity index (χ2n) is 6.49. The molecule has 0 spiro atoms. The van der Waals surface area contributed by atoms with Gasteiger partial charge in [-0.15, -0.1) is 0 Å². The number of rotatable bonds is 5. The Bertz CT molecular complexity index is 582. The predicted molar refractivity (Wildman–Crippen MR) is 85.8 cm³/mol. The Kier molecular flexibility index (Phi) is 4.57. The molecule has 1 aliphatic heterocycles. The highest BCUT2D eigenvalue weighted by Gasteiger charge is 2.25. The van der Waals surface area contributed by atoms with Crippen LogP contribution < -0.4 is 5.73 Å². The number of benzene rings is 1. The Morgan fingerprint density at radius 3 is 2.77 bits per heavy atom. The molecule has 118 valence electrons. The lowest BCUT2D eigenvalue weighted by Crippen LogP contribution is -2.30. The maximum atomic E-state index is 12.3. The summed E-state index contributed by atoms with van der Waals surface area (Å²) in [4.78, 5) is 26.3. The van der Waals surface area contributed by atoms with E-state index in [-0.39, 0.29) is 11.7 Å². The van der Waals surface area contributed by atoms with Gasteiger partial charge in [0.25, 0.3) is 0 Å². The molecule has 1 saturated heterocycles. The minimum Gasteiger partial charge on any atom is -0.342 e. The summed E-state index contributed by atoms with van der Waals surface area (Å²) in [6, 6.07) is 6.01. The highest BCUT2D eigenvalue weighted by molar-refractivity contribution is 5.98. The third-order valence-corrected chi connectivity index (χ3v) is 4.96. The summed E-state index contributed by atoms with van der Waals surface area (Å²) in [5.74, 6) is 0.597. The van der Waals surface area contributed by atoms with Gasteiger partial charge >= 0.3 is 0 Å². The molecule has 1 aliphatic carbocycles. The number of amides is 1. The van der Waals surface area contributed by atoms with Gasteiger partial charge in [0.05, 0.1) is 0 Å². The molecule has 0 bridgehead atoms. The van der Waals surface area contributed by atoms with Crippen molar-refractivity contribution in [2.45, 2.75) is 38.5 Å². The van der Waals surface area contributed by atoms with E-state index in [9.17, 15) is 9.59 Å². The average Bonchev–Trinajstić information content (AvgIpc) is 3.19. The van der Waals surface area contributed by atoms with E-state index in [1.54, 1.807) is 0 Å². The first-order chi connectivity index (χ1) is 10.7. The van der Waals surface area contributed by atoms with Crippen molar-refractivity contribution in [3.05, 3.63) is 34.9 Å². The highest BCUT2D eigenvalue weighted by Crippen LogP contribution is 2.23. The summed E-state index contributed by atoms with van der Waals surface area (Å²) in [6.45, 7) is 2.17. The Morgan fingerprint density at radius 2 is 2.00 bits per heavy atom. The Hall–Kier alpha value is -1.68. The molecule has 1 fully saturated rings. The molecule has 4 heteroatoms. The van der Waals surface area contributed by atoms with Crippen LogP contribution >= 0.6 is 0 Å². The van der Waals surface area contributed by atoms with Crippen LogP contribution in [0.3, 0.4) is 0 Å². The van der Waals surface area contributed by atoms with Gasteiger partial charge in [-0.1, -0.05) is 12.1 Å². The van der Waals surface area contributed by atoms with Crippen LogP contribution in [0, 0.1) is 5.92 Å². The largest absolute Gasteiger partial charge is 0.342 e. The van der Waals surface area contributed by atoms with Gasteiger partial charge in [0.15, 0.2) is 5.78 Å². The maximum Gasteiger partial charge on any atom is 0.223 e. The molecule has 1 amide bonds. The third-order valence-electron chi connectivity index (χ3n) is 4.96. The number of aryl methyl sites for hydroxylation is 2. The van der Waals surface area contributed by atoms with Crippen molar-refractivity contribution < 1.29 is 9.59 Å². The molecule has 3 rings (SSSR count). The SMILES string of the molecule is NCC1CCN(C(=O)CCC(=O)c2ccc3c(c2)CCC3)C1. The van der Waals surface area contributed by atoms with Crippen LogP contribution in [0.15, 0.2) is 18.2 Å². The van der Waals surface area contributed by atoms with E-state index < -0.39 is 0 Å². The molecule has 0 radical (unpaired) electrons. The molecule has 1 aromatic carbocycles. The van der Waals surface area contributed by atoms with Crippen molar-refractivity contribution in [2.75, 3.05) is 19.6 Å². The summed E-state index contributed by atoms with van der Waals surface area (Å²) in [5.41, 5.74) is 9.09. The fourth-order valence-corrected chi connectivity index (χ4v) is 3.52. The lowest BCUT2D eigenvalue weighted by Gasteiger charge is -2.16. The van der Waals surface area contributed by atoms with E-state index in [4.69, 9.17) is 5.73 Å². The van der Waals surface area contributed by atoms with Gasteiger partial charge in [-0.05, 0) is 55.3 Å². The standard InChI is InChI=1S/C18H24N2O2/c19-11-13-8-9-20(12-13)18(22)7-6-17(21)16-5-4-14-2-1-3-15(14)10-16/h4-5,10,13H,1-3,6-9,11-12,19H2. The first kappa shape index (κ1) is 15.2. The van der Waals surface area contributed by atoms with E-state index in [0.717, 1.165) is 37.9 Å². The molecule has 1 unspecified atom stereocenters. The van der Waals surface area contributed by atoms with Gasteiger partial charge in [0.2, 0.25) is 5.91 Å². The number of hydrogen-bond acceptors (Lipinski definition) is 3.